The van der Waals surface area contributed by atoms with E-state index in [9.17, 15) is 4.79 Å². The molecule has 3 aromatic rings. The molecule has 148 valence electrons. The van der Waals surface area contributed by atoms with Crippen molar-refractivity contribution in [3.8, 4) is 0 Å². The minimum absolute atomic E-state index is 0.0270. The lowest BCUT2D eigenvalue weighted by atomic mass is 9.88. The third-order valence-corrected chi connectivity index (χ3v) is 5.16. The first kappa shape index (κ1) is 20.6. The molecule has 0 heterocycles. The number of nitrogens with zero attached hydrogens (tertiary/aromatic N) is 1. The first-order valence-corrected chi connectivity index (χ1v) is 9.86. The lowest BCUT2D eigenvalue weighted by molar-refractivity contribution is -0.119. The maximum atomic E-state index is 12.3. The smallest absolute Gasteiger partial charge is 0.259 e. The molecule has 5 heteroatoms. The molecule has 3 rings (SSSR count). The molecule has 0 radical (unpaired) electrons. The van der Waals surface area contributed by atoms with Crippen LogP contribution in [-0.4, -0.2) is 18.2 Å². The Morgan fingerprint density at radius 2 is 1.52 bits per heavy atom. The van der Waals surface area contributed by atoms with Crippen LogP contribution in [0, 0.1) is 6.92 Å². The Bertz CT molecular complexity index is 948. The number of carbonyl (C=O) groups excluding carboxylic acids is 1. The van der Waals surface area contributed by atoms with Gasteiger partial charge in [-0.15, -0.1) is 0 Å². The van der Waals surface area contributed by atoms with Gasteiger partial charge < -0.3 is 5.32 Å². The number of hydrogen-bond acceptors (Lipinski definition) is 3. The van der Waals surface area contributed by atoms with E-state index in [2.05, 4.69) is 40.1 Å². The van der Waals surface area contributed by atoms with Crippen molar-refractivity contribution in [2.24, 2.45) is 5.10 Å². The van der Waals surface area contributed by atoms with Crippen LogP contribution in [-0.2, 0) is 4.79 Å². The first-order chi connectivity index (χ1) is 14.1. The SMILES string of the molecule is C/C(=N\NC(=O)CNc1cccc(Cl)c1C)C(c1ccccc1)c1ccccc1. The van der Waals surface area contributed by atoms with Gasteiger partial charge in [-0.3, -0.25) is 4.79 Å². The molecular weight excluding hydrogens is 382 g/mol. The molecule has 0 fully saturated rings. The average molecular weight is 406 g/mol. The largest absolute Gasteiger partial charge is 0.376 e. The van der Waals surface area contributed by atoms with Crippen LogP contribution in [0.4, 0.5) is 5.69 Å². The van der Waals surface area contributed by atoms with E-state index in [4.69, 9.17) is 11.6 Å². The fourth-order valence-corrected chi connectivity index (χ4v) is 3.37. The molecule has 0 aromatic heterocycles. The Labute approximate surface area is 176 Å². The Balaban J connectivity index is 1.70. The lowest BCUT2D eigenvalue weighted by Crippen LogP contribution is -2.28. The first-order valence-electron chi connectivity index (χ1n) is 9.48. The number of nitrogens with one attached hydrogen (secondary N) is 2. The number of rotatable bonds is 7. The Morgan fingerprint density at radius 3 is 2.10 bits per heavy atom. The monoisotopic (exact) mass is 405 g/mol. The van der Waals surface area contributed by atoms with Gasteiger partial charge in [-0.2, -0.15) is 5.10 Å². The second kappa shape index (κ2) is 9.89. The van der Waals surface area contributed by atoms with Gasteiger partial charge in [0.05, 0.1) is 6.54 Å². The van der Waals surface area contributed by atoms with Crippen molar-refractivity contribution in [1.82, 2.24) is 5.43 Å². The predicted octanol–water partition coefficient (Wildman–Crippen LogP) is 5.38. The van der Waals surface area contributed by atoms with Crippen LogP contribution in [0.5, 0.6) is 0 Å². The standard InChI is InChI=1S/C24H24ClN3O/c1-17-21(25)14-9-15-22(17)26-16-23(29)28-27-18(2)24(19-10-5-3-6-11-19)20-12-7-4-8-13-20/h3-15,24,26H,16H2,1-2H3,(H,28,29)/b27-18+. The highest BCUT2D eigenvalue weighted by molar-refractivity contribution is 6.31. The Kier molecular flexibility index (Phi) is 7.04. The van der Waals surface area contributed by atoms with Crippen molar-refractivity contribution in [3.05, 3.63) is 101 Å². The summed E-state index contributed by atoms with van der Waals surface area (Å²) in [4.78, 5) is 12.3. The fraction of sp³-hybridized carbons (Fsp3) is 0.167. The zero-order valence-corrected chi connectivity index (χ0v) is 17.3. The highest BCUT2D eigenvalue weighted by Crippen LogP contribution is 2.26. The minimum atomic E-state index is -0.219. The van der Waals surface area contributed by atoms with E-state index in [1.165, 1.54) is 0 Å². The van der Waals surface area contributed by atoms with Gasteiger partial charge in [-0.1, -0.05) is 78.3 Å². The quantitative estimate of drug-likeness (QED) is 0.409. The molecule has 4 nitrogen and oxygen atoms in total. The van der Waals surface area contributed by atoms with Crippen LogP contribution in [0.25, 0.3) is 0 Å². The Hall–Kier alpha value is -3.11. The second-order valence-corrected chi connectivity index (χ2v) is 7.22. The molecule has 1 amide bonds. The molecule has 0 aliphatic carbocycles. The van der Waals surface area contributed by atoms with Crippen LogP contribution in [0.2, 0.25) is 5.02 Å². The zero-order valence-electron chi connectivity index (χ0n) is 16.5. The molecule has 0 atom stereocenters. The molecule has 0 spiro atoms. The summed E-state index contributed by atoms with van der Waals surface area (Å²) in [6.45, 7) is 3.95. The van der Waals surface area contributed by atoms with Gasteiger partial charge in [0.2, 0.25) is 0 Å². The third-order valence-electron chi connectivity index (χ3n) is 4.75. The zero-order chi connectivity index (χ0) is 20.6. The summed E-state index contributed by atoms with van der Waals surface area (Å²) in [5.41, 5.74) is 7.47. The van der Waals surface area contributed by atoms with Crippen LogP contribution in [0.15, 0.2) is 84.0 Å². The summed E-state index contributed by atoms with van der Waals surface area (Å²) >= 11 is 6.12. The van der Waals surface area contributed by atoms with Crippen LogP contribution in [0.3, 0.4) is 0 Å². The second-order valence-electron chi connectivity index (χ2n) is 6.81. The van der Waals surface area contributed by atoms with E-state index in [1.54, 1.807) is 0 Å². The molecule has 0 unspecified atom stereocenters. The summed E-state index contributed by atoms with van der Waals surface area (Å²) < 4.78 is 0. The predicted molar refractivity (Wildman–Crippen MR) is 121 cm³/mol. The highest BCUT2D eigenvalue weighted by Gasteiger charge is 2.17. The van der Waals surface area contributed by atoms with Crippen molar-refractivity contribution in [1.29, 1.82) is 0 Å². The van der Waals surface area contributed by atoms with Gasteiger partial charge in [0.25, 0.3) is 5.91 Å². The van der Waals surface area contributed by atoms with Crippen LogP contribution >= 0.6 is 11.6 Å². The summed E-state index contributed by atoms with van der Waals surface area (Å²) in [5, 5.41) is 8.15. The van der Waals surface area contributed by atoms with E-state index in [0.717, 1.165) is 28.1 Å². The van der Waals surface area contributed by atoms with Gasteiger partial charge in [0.15, 0.2) is 0 Å². The molecule has 2 N–H and O–H groups in total. The average Bonchev–Trinajstić information content (AvgIpc) is 2.75. The summed E-state index contributed by atoms with van der Waals surface area (Å²) in [6.07, 6.45) is 0. The van der Waals surface area contributed by atoms with Crippen molar-refractivity contribution < 1.29 is 4.79 Å². The molecule has 3 aromatic carbocycles. The van der Waals surface area contributed by atoms with Gasteiger partial charge >= 0.3 is 0 Å². The van der Waals surface area contributed by atoms with Gasteiger partial charge in [-0.05, 0) is 42.7 Å². The van der Waals surface area contributed by atoms with Crippen LogP contribution < -0.4 is 10.7 Å². The Morgan fingerprint density at radius 1 is 0.931 bits per heavy atom. The minimum Gasteiger partial charge on any atom is -0.376 e. The van der Waals surface area contributed by atoms with Gasteiger partial charge in [-0.25, -0.2) is 5.43 Å². The third kappa shape index (κ3) is 5.46. The number of hydrazone groups is 1. The van der Waals surface area contributed by atoms with Crippen LogP contribution in [0.1, 0.15) is 29.5 Å². The van der Waals surface area contributed by atoms with E-state index >= 15 is 0 Å². The van der Waals surface area contributed by atoms with E-state index in [0.29, 0.717) is 5.02 Å². The maximum absolute atomic E-state index is 12.3. The molecule has 0 saturated carbocycles. The number of amides is 1. The number of halogens is 1. The van der Waals surface area contributed by atoms with E-state index in [1.807, 2.05) is 68.4 Å². The van der Waals surface area contributed by atoms with Crippen molar-refractivity contribution in [2.75, 3.05) is 11.9 Å². The van der Waals surface area contributed by atoms with Crippen molar-refractivity contribution >= 4 is 28.9 Å². The van der Waals surface area contributed by atoms with E-state index < -0.39 is 0 Å². The lowest BCUT2D eigenvalue weighted by Gasteiger charge is -2.18. The van der Waals surface area contributed by atoms with Gasteiger partial charge in [0, 0.05) is 22.3 Å². The molecule has 0 aliphatic rings. The highest BCUT2D eigenvalue weighted by atomic mass is 35.5. The molecule has 0 bridgehead atoms. The molecular formula is C24H24ClN3O. The summed E-state index contributed by atoms with van der Waals surface area (Å²) in [7, 11) is 0. The van der Waals surface area contributed by atoms with Crippen molar-refractivity contribution in [3.63, 3.8) is 0 Å². The number of anilines is 1. The summed E-state index contributed by atoms with van der Waals surface area (Å²) in [6, 6.07) is 25.9. The molecule has 29 heavy (non-hydrogen) atoms. The van der Waals surface area contributed by atoms with Gasteiger partial charge in [0.1, 0.15) is 0 Å². The number of carbonyl (C=O) groups is 1. The molecule has 0 aliphatic heterocycles. The topological polar surface area (TPSA) is 53.5 Å². The normalized spacial score (nSPS) is 11.4. The number of benzene rings is 3. The molecule has 0 saturated heterocycles. The number of hydrogen-bond donors (Lipinski definition) is 2. The fourth-order valence-electron chi connectivity index (χ4n) is 3.19. The van der Waals surface area contributed by atoms with E-state index in [-0.39, 0.29) is 18.4 Å². The summed E-state index contributed by atoms with van der Waals surface area (Å²) in [5.74, 6) is -0.246. The maximum Gasteiger partial charge on any atom is 0.259 e. The van der Waals surface area contributed by atoms with Crippen molar-refractivity contribution in [2.45, 2.75) is 19.8 Å².